The summed E-state index contributed by atoms with van der Waals surface area (Å²) in [5, 5.41) is -0.434. The molecule has 5 aliphatic rings. The highest BCUT2D eigenvalue weighted by Gasteiger charge is 2.79. The zero-order chi connectivity index (χ0) is 23.5. The average Bonchev–Trinajstić information content (AvgIpc) is 3.11. The summed E-state index contributed by atoms with van der Waals surface area (Å²) in [4.78, 5) is 24.5. The normalized spacial score (nSPS) is 53.2. The first kappa shape index (κ1) is 23.5. The molecule has 176 valence electrons. The third-order valence-corrected chi connectivity index (χ3v) is 11.2. The molecule has 4 nitrogen and oxygen atoms in total. The third-order valence-electron chi connectivity index (χ3n) is 9.11. The van der Waals surface area contributed by atoms with Gasteiger partial charge in [-0.1, -0.05) is 35.9 Å². The summed E-state index contributed by atoms with van der Waals surface area (Å²) in [5.41, 5.74) is -2.33. The molecular formula is C24H28BrCl2FO4. The molecule has 0 radical (unpaired) electrons. The van der Waals surface area contributed by atoms with Gasteiger partial charge in [0.15, 0.2) is 23.0 Å². The number of hydrogen-bond donors (Lipinski definition) is 0. The molecule has 0 unspecified atom stereocenters. The molecule has 8 heteroatoms. The molecule has 0 aromatic rings. The number of Topliss-reactive ketones (excluding diaryl/α,β-unsaturated/α-hetero) is 1. The van der Waals surface area contributed by atoms with Crippen molar-refractivity contribution in [3.63, 3.8) is 0 Å². The van der Waals surface area contributed by atoms with Crippen molar-refractivity contribution in [3.05, 3.63) is 23.8 Å². The van der Waals surface area contributed by atoms with Crippen LogP contribution in [0.2, 0.25) is 0 Å². The Balaban J connectivity index is 1.66. The Morgan fingerprint density at radius 1 is 1.25 bits per heavy atom. The van der Waals surface area contributed by atoms with Crippen LogP contribution in [0.1, 0.15) is 47.0 Å². The molecule has 3 saturated carbocycles. The quantitative estimate of drug-likeness (QED) is 0.439. The molecule has 0 amide bonds. The molecule has 0 bridgehead atoms. The van der Waals surface area contributed by atoms with Crippen molar-refractivity contribution < 1.29 is 23.5 Å². The molecular weight excluding hydrogens is 522 g/mol. The van der Waals surface area contributed by atoms with Crippen LogP contribution in [0.25, 0.3) is 0 Å². The Kier molecular flexibility index (Phi) is 5.06. The zero-order valence-corrected chi connectivity index (χ0v) is 21.7. The summed E-state index contributed by atoms with van der Waals surface area (Å²) in [6.45, 7) is 7.56. The zero-order valence-electron chi connectivity index (χ0n) is 18.6. The highest BCUT2D eigenvalue weighted by atomic mass is 79.9. The summed E-state index contributed by atoms with van der Waals surface area (Å²) in [6, 6.07) is 0. The molecule has 9 atom stereocenters. The standard InChI is InChI=1S/C24H28BrCl2FO4/c1-20(2)31-19-9-13-14-8-16(28)15-7-12(29)5-6-21(15,3)23(14,27)17(26)10-22(13,4)24(19,32-20)18(30)11-25/h5-7,13-14,16-17,19H,8-11H2,1-4H3/t13-,14-,16-,17-,19+,21-,22-,23-,24+/m0/s1. The van der Waals surface area contributed by atoms with Crippen molar-refractivity contribution in [2.24, 2.45) is 22.7 Å². The van der Waals surface area contributed by atoms with E-state index in [4.69, 9.17) is 32.7 Å². The number of ketones is 2. The van der Waals surface area contributed by atoms with Gasteiger partial charge in [-0.25, -0.2) is 4.39 Å². The number of carbonyl (C=O) groups is 2. The van der Waals surface area contributed by atoms with Crippen LogP contribution in [0.5, 0.6) is 0 Å². The minimum atomic E-state index is -1.31. The number of hydrogen-bond acceptors (Lipinski definition) is 4. The highest BCUT2D eigenvalue weighted by molar-refractivity contribution is 9.09. The van der Waals surface area contributed by atoms with E-state index in [1.807, 2.05) is 27.7 Å². The smallest absolute Gasteiger partial charge is 0.178 e. The summed E-state index contributed by atoms with van der Waals surface area (Å²) in [5.74, 6) is -1.65. The highest BCUT2D eigenvalue weighted by Crippen LogP contribution is 2.73. The molecule has 0 spiro atoms. The lowest BCUT2D eigenvalue weighted by Crippen LogP contribution is -2.69. The Bertz CT molecular complexity index is 968. The lowest BCUT2D eigenvalue weighted by atomic mass is 9.46. The number of rotatable bonds is 2. The first-order valence-corrected chi connectivity index (χ1v) is 13.1. The van der Waals surface area contributed by atoms with Crippen molar-refractivity contribution in [1.29, 1.82) is 0 Å². The number of fused-ring (bicyclic) bond motifs is 7. The predicted octanol–water partition coefficient (Wildman–Crippen LogP) is 5.29. The van der Waals surface area contributed by atoms with E-state index in [1.54, 1.807) is 6.08 Å². The number of carbonyl (C=O) groups excluding carboxylic acids is 2. The van der Waals surface area contributed by atoms with E-state index < -0.39 is 44.7 Å². The van der Waals surface area contributed by atoms with Crippen LogP contribution < -0.4 is 0 Å². The van der Waals surface area contributed by atoms with Crippen molar-refractivity contribution in [2.45, 2.75) is 80.9 Å². The van der Waals surface area contributed by atoms with Gasteiger partial charge >= 0.3 is 0 Å². The van der Waals surface area contributed by atoms with Gasteiger partial charge in [-0.3, -0.25) is 9.59 Å². The van der Waals surface area contributed by atoms with Gasteiger partial charge in [0.1, 0.15) is 6.17 Å². The Morgan fingerprint density at radius 3 is 2.59 bits per heavy atom. The largest absolute Gasteiger partial charge is 0.344 e. The van der Waals surface area contributed by atoms with Crippen LogP contribution >= 0.6 is 39.1 Å². The fourth-order valence-corrected chi connectivity index (χ4v) is 9.45. The van der Waals surface area contributed by atoms with Gasteiger partial charge in [-0.05, 0) is 62.7 Å². The van der Waals surface area contributed by atoms with Gasteiger partial charge in [0, 0.05) is 10.8 Å². The first-order chi connectivity index (χ1) is 14.8. The summed E-state index contributed by atoms with van der Waals surface area (Å²) in [7, 11) is 0. The van der Waals surface area contributed by atoms with E-state index in [0.29, 0.717) is 18.4 Å². The molecule has 32 heavy (non-hydrogen) atoms. The topological polar surface area (TPSA) is 52.6 Å². The van der Waals surface area contributed by atoms with Gasteiger partial charge in [-0.2, -0.15) is 0 Å². The number of allylic oxidation sites excluding steroid dienone is 4. The second kappa shape index (κ2) is 6.90. The first-order valence-electron chi connectivity index (χ1n) is 11.2. The summed E-state index contributed by atoms with van der Waals surface area (Å²) < 4.78 is 28.3. The number of alkyl halides is 4. The summed E-state index contributed by atoms with van der Waals surface area (Å²) in [6.07, 6.45) is 3.96. The van der Waals surface area contributed by atoms with Gasteiger partial charge in [-0.15, -0.1) is 23.2 Å². The molecule has 0 N–H and O–H groups in total. The van der Waals surface area contributed by atoms with E-state index in [9.17, 15) is 9.59 Å². The van der Waals surface area contributed by atoms with Crippen molar-refractivity contribution in [1.82, 2.24) is 0 Å². The van der Waals surface area contributed by atoms with E-state index in [1.165, 1.54) is 12.2 Å². The number of halogens is 4. The predicted molar refractivity (Wildman–Crippen MR) is 124 cm³/mol. The summed E-state index contributed by atoms with van der Waals surface area (Å²) >= 11 is 18.0. The maximum Gasteiger partial charge on any atom is 0.178 e. The Labute approximate surface area is 206 Å². The van der Waals surface area contributed by atoms with Crippen molar-refractivity contribution >= 4 is 50.7 Å². The average molecular weight is 550 g/mol. The van der Waals surface area contributed by atoms with Crippen molar-refractivity contribution in [2.75, 3.05) is 5.33 Å². The maximum atomic E-state index is 15.6. The molecule has 1 aliphatic heterocycles. The third kappa shape index (κ3) is 2.57. The molecule has 5 rings (SSSR count). The lowest BCUT2D eigenvalue weighted by molar-refractivity contribution is -0.211. The van der Waals surface area contributed by atoms with Crippen molar-refractivity contribution in [3.8, 4) is 0 Å². The van der Waals surface area contributed by atoms with Crippen LogP contribution in [0, 0.1) is 22.7 Å². The van der Waals surface area contributed by atoms with Gasteiger partial charge in [0.2, 0.25) is 0 Å². The molecule has 0 aromatic heterocycles. The molecule has 0 aromatic carbocycles. The number of ether oxygens (including phenoxy) is 2. The van der Waals surface area contributed by atoms with Crippen LogP contribution in [0.15, 0.2) is 23.8 Å². The Morgan fingerprint density at radius 2 is 1.94 bits per heavy atom. The van der Waals surface area contributed by atoms with E-state index >= 15 is 4.39 Å². The fraction of sp³-hybridized carbons (Fsp3) is 0.750. The van der Waals surface area contributed by atoms with Crippen LogP contribution in [-0.4, -0.2) is 50.8 Å². The fourth-order valence-electron chi connectivity index (χ4n) is 7.84. The minimum absolute atomic E-state index is 0.0772. The molecule has 1 saturated heterocycles. The van der Waals surface area contributed by atoms with Crippen LogP contribution in [-0.2, 0) is 19.1 Å². The molecule has 4 fully saturated rings. The maximum absolute atomic E-state index is 15.6. The SMILES string of the molecule is CC1(C)O[C@@H]2C[C@H]3[C@@H]4C[C@H](F)C5=CC(=O)C=C[C@]5(C)[C@@]4(Cl)[C@@H](Cl)C[C@]3(C)[C@]2(C(=O)CBr)O1. The van der Waals surface area contributed by atoms with Crippen LogP contribution in [0.3, 0.4) is 0 Å². The monoisotopic (exact) mass is 548 g/mol. The second-order valence-electron chi connectivity index (χ2n) is 10.9. The van der Waals surface area contributed by atoms with E-state index in [0.717, 1.165) is 0 Å². The molecule has 1 heterocycles. The minimum Gasteiger partial charge on any atom is -0.344 e. The van der Waals surface area contributed by atoms with E-state index in [-0.39, 0.29) is 35.2 Å². The van der Waals surface area contributed by atoms with E-state index in [2.05, 4.69) is 15.9 Å². The van der Waals surface area contributed by atoms with Gasteiger partial charge in [0.25, 0.3) is 0 Å². The van der Waals surface area contributed by atoms with Gasteiger partial charge in [0.05, 0.1) is 21.7 Å². The van der Waals surface area contributed by atoms with Gasteiger partial charge < -0.3 is 9.47 Å². The Hall–Kier alpha value is -0.270. The second-order valence-corrected chi connectivity index (χ2v) is 12.7. The lowest BCUT2D eigenvalue weighted by Gasteiger charge is -2.64. The molecule has 4 aliphatic carbocycles. The van der Waals surface area contributed by atoms with Crippen LogP contribution in [0.4, 0.5) is 4.39 Å².